The molecular formula is C14H23BrN4O2. The van der Waals surface area contributed by atoms with Gasteiger partial charge in [-0.05, 0) is 41.7 Å². The van der Waals surface area contributed by atoms with Crippen LogP contribution in [0.2, 0.25) is 0 Å². The van der Waals surface area contributed by atoms with Crippen molar-refractivity contribution in [3.8, 4) is 0 Å². The number of aliphatic hydroxyl groups excluding tert-OH is 1. The molecule has 6 nitrogen and oxygen atoms in total. The van der Waals surface area contributed by atoms with Crippen LogP contribution in [-0.2, 0) is 6.54 Å². The summed E-state index contributed by atoms with van der Waals surface area (Å²) in [7, 11) is 0. The van der Waals surface area contributed by atoms with Crippen molar-refractivity contribution >= 4 is 21.6 Å². The minimum absolute atomic E-state index is 0.0933. The monoisotopic (exact) mass is 358 g/mol. The molecule has 2 rings (SSSR count). The second-order valence-electron chi connectivity index (χ2n) is 5.29. The van der Waals surface area contributed by atoms with Crippen molar-refractivity contribution in [1.29, 1.82) is 0 Å². The Hall–Kier alpha value is -0.920. The van der Waals surface area contributed by atoms with E-state index >= 15 is 0 Å². The van der Waals surface area contributed by atoms with E-state index in [9.17, 15) is 4.79 Å². The third-order valence-electron chi connectivity index (χ3n) is 3.76. The zero-order valence-corrected chi connectivity index (χ0v) is 14.0. The van der Waals surface area contributed by atoms with E-state index in [-0.39, 0.29) is 18.7 Å². The predicted octanol–water partition coefficient (Wildman–Crippen LogP) is 0.966. The standard InChI is InChI=1S/C14H23BrN4O2/c1-2-6-18(11-4-3-5-16-9-11)12-10-17-19(7-8-20)14(21)13(12)15/h10-11,16,20H,2-9H2,1H3. The molecule has 1 saturated heterocycles. The molecule has 1 unspecified atom stereocenters. The number of nitrogens with zero attached hydrogens (tertiary/aromatic N) is 3. The van der Waals surface area contributed by atoms with Gasteiger partial charge in [-0.1, -0.05) is 6.92 Å². The summed E-state index contributed by atoms with van der Waals surface area (Å²) in [5.74, 6) is 0. The number of hydrogen-bond acceptors (Lipinski definition) is 5. The summed E-state index contributed by atoms with van der Waals surface area (Å²) in [6.07, 6.45) is 5.02. The van der Waals surface area contributed by atoms with Crippen molar-refractivity contribution in [2.24, 2.45) is 0 Å². The van der Waals surface area contributed by atoms with Crippen molar-refractivity contribution in [1.82, 2.24) is 15.1 Å². The van der Waals surface area contributed by atoms with Gasteiger partial charge in [0, 0.05) is 19.1 Å². The maximum Gasteiger partial charge on any atom is 0.283 e. The zero-order chi connectivity index (χ0) is 15.2. The third-order valence-corrected chi connectivity index (χ3v) is 4.51. The molecule has 1 aliphatic rings. The molecule has 0 saturated carbocycles. The first-order valence-corrected chi connectivity index (χ1v) is 8.32. The number of anilines is 1. The molecule has 0 radical (unpaired) electrons. The second-order valence-corrected chi connectivity index (χ2v) is 6.08. The van der Waals surface area contributed by atoms with E-state index in [0.717, 1.165) is 44.6 Å². The van der Waals surface area contributed by atoms with Crippen molar-refractivity contribution in [2.75, 3.05) is 31.1 Å². The lowest BCUT2D eigenvalue weighted by Crippen LogP contribution is -2.47. The molecule has 21 heavy (non-hydrogen) atoms. The number of nitrogens with one attached hydrogen (secondary N) is 1. The first-order valence-electron chi connectivity index (χ1n) is 7.52. The quantitative estimate of drug-likeness (QED) is 0.792. The molecule has 7 heteroatoms. The Morgan fingerprint density at radius 1 is 1.62 bits per heavy atom. The fraction of sp³-hybridized carbons (Fsp3) is 0.714. The van der Waals surface area contributed by atoms with Crippen LogP contribution in [0, 0.1) is 0 Å². The molecule has 1 atom stereocenters. The summed E-state index contributed by atoms with van der Waals surface area (Å²) in [6.45, 7) is 5.16. The van der Waals surface area contributed by atoms with Gasteiger partial charge >= 0.3 is 0 Å². The van der Waals surface area contributed by atoms with Gasteiger partial charge in [-0.3, -0.25) is 4.79 Å². The highest BCUT2D eigenvalue weighted by molar-refractivity contribution is 9.10. The van der Waals surface area contributed by atoms with Gasteiger partial charge in [-0.15, -0.1) is 0 Å². The van der Waals surface area contributed by atoms with E-state index in [1.54, 1.807) is 6.20 Å². The summed E-state index contributed by atoms with van der Waals surface area (Å²) < 4.78 is 1.82. The van der Waals surface area contributed by atoms with Crippen LogP contribution in [0.4, 0.5) is 5.69 Å². The van der Waals surface area contributed by atoms with Crippen LogP contribution < -0.4 is 15.8 Å². The molecule has 118 valence electrons. The number of aliphatic hydroxyl groups is 1. The number of halogens is 1. The van der Waals surface area contributed by atoms with Crippen molar-refractivity contribution < 1.29 is 5.11 Å². The Bertz CT molecular complexity index is 514. The topological polar surface area (TPSA) is 70.4 Å². The van der Waals surface area contributed by atoms with Gasteiger partial charge in [0.05, 0.1) is 25.0 Å². The number of piperidine rings is 1. The Kier molecular flexibility index (Phi) is 6.20. The van der Waals surface area contributed by atoms with Gasteiger partial charge < -0.3 is 15.3 Å². The summed E-state index contributed by atoms with van der Waals surface area (Å²) >= 11 is 3.42. The lowest BCUT2D eigenvalue weighted by molar-refractivity contribution is 0.266. The van der Waals surface area contributed by atoms with E-state index in [1.165, 1.54) is 4.68 Å². The molecule has 1 fully saturated rings. The zero-order valence-electron chi connectivity index (χ0n) is 12.4. The molecular weight excluding hydrogens is 336 g/mol. The molecule has 0 amide bonds. The van der Waals surface area contributed by atoms with Crippen LogP contribution >= 0.6 is 15.9 Å². The first-order chi connectivity index (χ1) is 10.2. The van der Waals surface area contributed by atoms with E-state index in [0.29, 0.717) is 10.5 Å². The van der Waals surface area contributed by atoms with Gasteiger partial charge in [-0.25, -0.2) is 4.68 Å². The van der Waals surface area contributed by atoms with E-state index in [2.05, 4.69) is 38.2 Å². The van der Waals surface area contributed by atoms with Crippen molar-refractivity contribution in [3.05, 3.63) is 21.0 Å². The van der Waals surface area contributed by atoms with Crippen LogP contribution in [0.25, 0.3) is 0 Å². The summed E-state index contributed by atoms with van der Waals surface area (Å²) in [5, 5.41) is 16.6. The third kappa shape index (κ3) is 3.84. The molecule has 2 N–H and O–H groups in total. The molecule has 0 spiro atoms. The van der Waals surface area contributed by atoms with Crippen LogP contribution in [0.3, 0.4) is 0 Å². The Labute approximate surface area is 133 Å². The fourth-order valence-corrected chi connectivity index (χ4v) is 3.29. The summed E-state index contributed by atoms with van der Waals surface area (Å²) in [6, 6.07) is 0.393. The van der Waals surface area contributed by atoms with Gasteiger partial charge in [-0.2, -0.15) is 5.10 Å². The van der Waals surface area contributed by atoms with Gasteiger partial charge in [0.2, 0.25) is 0 Å². The van der Waals surface area contributed by atoms with Crippen LogP contribution in [0.15, 0.2) is 15.5 Å². The minimum Gasteiger partial charge on any atom is -0.394 e. The summed E-state index contributed by atoms with van der Waals surface area (Å²) in [4.78, 5) is 14.5. The second kappa shape index (κ2) is 7.91. The highest BCUT2D eigenvalue weighted by atomic mass is 79.9. The Balaban J connectivity index is 2.31. The van der Waals surface area contributed by atoms with Gasteiger partial charge in [0.15, 0.2) is 0 Å². The van der Waals surface area contributed by atoms with Crippen LogP contribution in [0.5, 0.6) is 0 Å². The van der Waals surface area contributed by atoms with Gasteiger partial charge in [0.1, 0.15) is 4.47 Å². The average molecular weight is 359 g/mol. The van der Waals surface area contributed by atoms with Crippen LogP contribution in [-0.4, -0.2) is 47.2 Å². The molecule has 0 aliphatic carbocycles. The maximum absolute atomic E-state index is 12.3. The van der Waals surface area contributed by atoms with E-state index in [1.807, 2.05) is 0 Å². The first kappa shape index (κ1) is 16.5. The Morgan fingerprint density at radius 2 is 2.43 bits per heavy atom. The molecule has 1 aromatic rings. The molecule has 0 bridgehead atoms. The predicted molar refractivity (Wildman–Crippen MR) is 86.8 cm³/mol. The lowest BCUT2D eigenvalue weighted by atomic mass is 10.1. The minimum atomic E-state index is -0.188. The maximum atomic E-state index is 12.3. The fourth-order valence-electron chi connectivity index (χ4n) is 2.75. The smallest absolute Gasteiger partial charge is 0.283 e. The SMILES string of the molecule is CCCN(c1cnn(CCO)c(=O)c1Br)C1CCCNC1. The lowest BCUT2D eigenvalue weighted by Gasteiger charge is -2.36. The highest BCUT2D eigenvalue weighted by Crippen LogP contribution is 2.26. The number of rotatable bonds is 6. The van der Waals surface area contributed by atoms with Gasteiger partial charge in [0.25, 0.3) is 5.56 Å². The molecule has 1 aliphatic heterocycles. The van der Waals surface area contributed by atoms with E-state index in [4.69, 9.17) is 5.11 Å². The normalized spacial score (nSPS) is 18.7. The highest BCUT2D eigenvalue weighted by Gasteiger charge is 2.24. The van der Waals surface area contributed by atoms with Crippen LogP contribution in [0.1, 0.15) is 26.2 Å². The van der Waals surface area contributed by atoms with E-state index < -0.39 is 0 Å². The number of aromatic nitrogens is 2. The molecule has 0 aromatic carbocycles. The number of hydrogen-bond donors (Lipinski definition) is 2. The largest absolute Gasteiger partial charge is 0.394 e. The average Bonchev–Trinajstić information content (AvgIpc) is 2.51. The Morgan fingerprint density at radius 3 is 3.05 bits per heavy atom. The molecule has 2 heterocycles. The van der Waals surface area contributed by atoms with Crippen molar-refractivity contribution in [3.63, 3.8) is 0 Å². The molecule has 1 aromatic heterocycles. The van der Waals surface area contributed by atoms with Crippen molar-refractivity contribution in [2.45, 2.75) is 38.8 Å². The summed E-state index contributed by atoms with van der Waals surface area (Å²) in [5.41, 5.74) is 0.663.